The third-order valence-corrected chi connectivity index (χ3v) is 6.48. The van der Waals surface area contributed by atoms with Gasteiger partial charge < -0.3 is 4.74 Å². The van der Waals surface area contributed by atoms with E-state index in [1.165, 1.54) is 0 Å². The zero-order valence-corrected chi connectivity index (χ0v) is 18.5. The third-order valence-electron chi connectivity index (χ3n) is 6.48. The van der Waals surface area contributed by atoms with Gasteiger partial charge in [-0.05, 0) is 35.1 Å². The summed E-state index contributed by atoms with van der Waals surface area (Å²) in [5.41, 5.74) is 3.75. The van der Waals surface area contributed by atoms with E-state index in [-0.39, 0.29) is 5.78 Å². The highest BCUT2D eigenvalue weighted by Gasteiger charge is 2.37. The predicted molar refractivity (Wildman–Crippen MR) is 137 cm³/mol. The molecular formula is C32H22O2. The average Bonchev–Trinajstić information content (AvgIpc) is 2.93. The van der Waals surface area contributed by atoms with Gasteiger partial charge in [0.1, 0.15) is 5.75 Å². The van der Waals surface area contributed by atoms with Crippen molar-refractivity contribution >= 4 is 22.6 Å². The van der Waals surface area contributed by atoms with Crippen LogP contribution in [0.25, 0.3) is 16.8 Å². The van der Waals surface area contributed by atoms with Gasteiger partial charge in [0.25, 0.3) is 0 Å². The molecule has 0 N–H and O–H groups in total. The van der Waals surface area contributed by atoms with Crippen molar-refractivity contribution in [1.29, 1.82) is 0 Å². The van der Waals surface area contributed by atoms with Gasteiger partial charge in [-0.3, -0.25) is 4.79 Å². The van der Waals surface area contributed by atoms with Crippen molar-refractivity contribution in [2.45, 2.75) is 5.60 Å². The molecule has 0 saturated heterocycles. The maximum atomic E-state index is 13.1. The summed E-state index contributed by atoms with van der Waals surface area (Å²) in [5, 5.41) is 2.08. The summed E-state index contributed by atoms with van der Waals surface area (Å²) in [6, 6.07) is 39.9. The summed E-state index contributed by atoms with van der Waals surface area (Å²) < 4.78 is 6.81. The van der Waals surface area contributed by atoms with E-state index in [1.54, 1.807) is 0 Å². The smallest absolute Gasteiger partial charge is 0.193 e. The zero-order chi connectivity index (χ0) is 23.0. The molecule has 1 aliphatic rings. The Labute approximate surface area is 198 Å². The van der Waals surface area contributed by atoms with Crippen LogP contribution in [0.1, 0.15) is 32.6 Å². The Balaban J connectivity index is 1.49. The fourth-order valence-electron chi connectivity index (χ4n) is 4.74. The lowest BCUT2D eigenvalue weighted by Gasteiger charge is -2.36. The minimum absolute atomic E-state index is 0.0173. The summed E-state index contributed by atoms with van der Waals surface area (Å²) in [6.07, 6.45) is 4.27. The second-order valence-electron chi connectivity index (χ2n) is 8.51. The molecule has 0 unspecified atom stereocenters. The Morgan fingerprint density at radius 1 is 0.618 bits per heavy atom. The molecule has 0 radical (unpaired) electrons. The van der Waals surface area contributed by atoms with Crippen LogP contribution >= 0.6 is 0 Å². The molecule has 34 heavy (non-hydrogen) atoms. The number of fused-ring (bicyclic) bond motifs is 3. The molecule has 5 aromatic rings. The molecule has 0 atom stereocenters. The molecule has 2 nitrogen and oxygen atoms in total. The second kappa shape index (κ2) is 8.17. The van der Waals surface area contributed by atoms with Crippen LogP contribution in [-0.4, -0.2) is 5.78 Å². The normalized spacial score (nSPS) is 13.8. The Bertz CT molecular complexity index is 1480. The molecule has 0 fully saturated rings. The van der Waals surface area contributed by atoms with E-state index in [0.717, 1.165) is 33.2 Å². The fraction of sp³-hybridized carbons (Fsp3) is 0.0312. The molecule has 1 aliphatic heterocycles. The van der Waals surface area contributed by atoms with E-state index >= 15 is 0 Å². The summed E-state index contributed by atoms with van der Waals surface area (Å²) in [5.74, 6) is 0.816. The summed E-state index contributed by atoms with van der Waals surface area (Å²) in [6.45, 7) is 0. The van der Waals surface area contributed by atoms with Gasteiger partial charge in [0.05, 0.1) is 0 Å². The Kier molecular flexibility index (Phi) is 4.85. The maximum absolute atomic E-state index is 13.1. The SMILES string of the molecule is O=C(c1ccccc1)c1ccc2ccc3c(c2c1)C=CC(c1ccccc1)(c1ccccc1)O3. The van der Waals surface area contributed by atoms with Gasteiger partial charge in [-0.15, -0.1) is 0 Å². The van der Waals surface area contributed by atoms with Gasteiger partial charge in [-0.25, -0.2) is 0 Å². The number of ketones is 1. The third kappa shape index (κ3) is 3.32. The Hall–Kier alpha value is -4.43. The predicted octanol–water partition coefficient (Wildman–Crippen LogP) is 7.42. The van der Waals surface area contributed by atoms with Crippen LogP contribution in [0.4, 0.5) is 0 Å². The van der Waals surface area contributed by atoms with Gasteiger partial charge in [0.15, 0.2) is 11.4 Å². The van der Waals surface area contributed by atoms with E-state index in [0.29, 0.717) is 11.1 Å². The van der Waals surface area contributed by atoms with E-state index in [2.05, 4.69) is 42.5 Å². The molecule has 0 saturated carbocycles. The van der Waals surface area contributed by atoms with Crippen molar-refractivity contribution in [1.82, 2.24) is 0 Å². The van der Waals surface area contributed by atoms with Crippen LogP contribution in [0, 0.1) is 0 Å². The lowest BCUT2D eigenvalue weighted by atomic mass is 9.83. The number of hydrogen-bond donors (Lipinski definition) is 0. The van der Waals surface area contributed by atoms with Gasteiger partial charge in [0.2, 0.25) is 0 Å². The first-order valence-electron chi connectivity index (χ1n) is 11.4. The van der Waals surface area contributed by atoms with Crippen LogP contribution in [0.15, 0.2) is 127 Å². The lowest BCUT2D eigenvalue weighted by Crippen LogP contribution is -2.34. The largest absolute Gasteiger partial charge is 0.473 e. The highest BCUT2D eigenvalue weighted by molar-refractivity contribution is 6.11. The highest BCUT2D eigenvalue weighted by Crippen LogP contribution is 2.44. The van der Waals surface area contributed by atoms with Crippen LogP contribution in [0.3, 0.4) is 0 Å². The first kappa shape index (κ1) is 20.2. The molecule has 0 aliphatic carbocycles. The maximum Gasteiger partial charge on any atom is 0.193 e. The van der Waals surface area contributed by atoms with Crippen molar-refractivity contribution < 1.29 is 9.53 Å². The quantitative estimate of drug-likeness (QED) is 0.273. The zero-order valence-electron chi connectivity index (χ0n) is 18.5. The molecular weight excluding hydrogens is 416 g/mol. The first-order valence-corrected chi connectivity index (χ1v) is 11.4. The minimum atomic E-state index is -0.722. The van der Waals surface area contributed by atoms with E-state index in [4.69, 9.17) is 4.74 Å². The number of carbonyl (C=O) groups is 1. The van der Waals surface area contributed by atoms with Crippen LogP contribution < -0.4 is 4.74 Å². The molecule has 0 bridgehead atoms. The highest BCUT2D eigenvalue weighted by atomic mass is 16.5. The molecule has 0 aromatic heterocycles. The molecule has 162 valence electrons. The second-order valence-corrected chi connectivity index (χ2v) is 8.51. The van der Waals surface area contributed by atoms with E-state index in [1.807, 2.05) is 91.0 Å². The van der Waals surface area contributed by atoms with Gasteiger partial charge in [-0.2, -0.15) is 0 Å². The van der Waals surface area contributed by atoms with Crippen molar-refractivity contribution in [2.24, 2.45) is 0 Å². The van der Waals surface area contributed by atoms with Crippen LogP contribution in [-0.2, 0) is 5.60 Å². The monoisotopic (exact) mass is 438 g/mol. The number of ether oxygens (including phenoxy) is 1. The van der Waals surface area contributed by atoms with Gasteiger partial charge >= 0.3 is 0 Å². The molecule has 6 rings (SSSR count). The first-order chi connectivity index (χ1) is 16.7. The van der Waals surface area contributed by atoms with Gasteiger partial charge in [0, 0.05) is 27.8 Å². The Morgan fingerprint density at radius 3 is 1.85 bits per heavy atom. The van der Waals surface area contributed by atoms with Crippen LogP contribution in [0.5, 0.6) is 5.75 Å². The summed E-state index contributed by atoms with van der Waals surface area (Å²) >= 11 is 0. The molecule has 5 aromatic carbocycles. The Morgan fingerprint density at radius 2 is 1.21 bits per heavy atom. The number of hydrogen-bond acceptors (Lipinski definition) is 2. The van der Waals surface area contributed by atoms with Gasteiger partial charge in [-0.1, -0.05) is 109 Å². The lowest BCUT2D eigenvalue weighted by molar-refractivity contribution is 0.103. The molecule has 0 amide bonds. The minimum Gasteiger partial charge on any atom is -0.473 e. The molecule has 1 heterocycles. The van der Waals surface area contributed by atoms with Crippen LogP contribution in [0.2, 0.25) is 0 Å². The topological polar surface area (TPSA) is 26.3 Å². The number of rotatable bonds is 4. The summed E-state index contributed by atoms with van der Waals surface area (Å²) in [7, 11) is 0. The van der Waals surface area contributed by atoms with E-state index < -0.39 is 5.60 Å². The fourth-order valence-corrected chi connectivity index (χ4v) is 4.74. The number of benzene rings is 5. The molecule has 0 spiro atoms. The standard InChI is InChI=1S/C32H22O2/c33-31(24-10-4-1-5-11-24)25-17-16-23-18-19-30-28(29(23)22-25)20-21-32(34-30,26-12-6-2-7-13-26)27-14-8-3-9-15-27/h1-22H. The van der Waals surface area contributed by atoms with Crippen molar-refractivity contribution in [3.63, 3.8) is 0 Å². The number of carbonyl (C=O) groups excluding carboxylic acids is 1. The van der Waals surface area contributed by atoms with E-state index in [9.17, 15) is 4.79 Å². The van der Waals surface area contributed by atoms with Crippen molar-refractivity contribution in [3.8, 4) is 5.75 Å². The summed E-state index contributed by atoms with van der Waals surface area (Å²) in [4.78, 5) is 13.1. The van der Waals surface area contributed by atoms with Crippen molar-refractivity contribution in [2.75, 3.05) is 0 Å². The van der Waals surface area contributed by atoms with Crippen molar-refractivity contribution in [3.05, 3.63) is 155 Å². The molecule has 2 heteroatoms. The average molecular weight is 439 g/mol.